The molecule has 0 aliphatic carbocycles. The second-order valence-corrected chi connectivity index (χ2v) is 6.99. The average molecular weight is 362 g/mol. The van der Waals surface area contributed by atoms with Crippen molar-refractivity contribution in [2.75, 3.05) is 37.3 Å². The molecule has 3 N–H and O–H groups in total. The minimum atomic E-state index is 0.465. The standard InChI is InChI=1S/C18H27N5OS/c19-17-18(22-25-21-17)20-9-6-12-24-16-8-5-7-15(13-16)14-23-10-3-1-2-4-11-23/h5,7-8,13H,1-4,6,9-12,14H2,(H2,19,21)(H,20,22). The molecule has 1 aromatic heterocycles. The number of nitrogens with two attached hydrogens (primary N) is 1. The highest BCUT2D eigenvalue weighted by Crippen LogP contribution is 2.18. The zero-order chi connectivity index (χ0) is 17.3. The molecule has 0 radical (unpaired) electrons. The molecule has 6 nitrogen and oxygen atoms in total. The molecule has 1 aromatic carbocycles. The van der Waals surface area contributed by atoms with E-state index in [0.717, 1.165) is 37.0 Å². The maximum atomic E-state index is 5.89. The summed E-state index contributed by atoms with van der Waals surface area (Å²) in [5.41, 5.74) is 7.02. The van der Waals surface area contributed by atoms with Crippen LogP contribution in [-0.4, -0.2) is 39.9 Å². The smallest absolute Gasteiger partial charge is 0.184 e. The Balaban J connectivity index is 1.39. The van der Waals surface area contributed by atoms with Crippen molar-refractivity contribution in [3.8, 4) is 5.75 Å². The topological polar surface area (TPSA) is 76.3 Å². The molecule has 0 saturated carbocycles. The first-order chi connectivity index (χ1) is 12.3. The van der Waals surface area contributed by atoms with E-state index in [4.69, 9.17) is 10.5 Å². The number of aromatic nitrogens is 2. The van der Waals surface area contributed by atoms with E-state index in [1.807, 2.05) is 6.07 Å². The minimum absolute atomic E-state index is 0.465. The second-order valence-electron chi connectivity index (χ2n) is 6.46. The van der Waals surface area contributed by atoms with Crippen LogP contribution in [0.4, 0.5) is 11.6 Å². The molecule has 3 rings (SSSR count). The molecule has 0 spiro atoms. The lowest BCUT2D eigenvalue weighted by Gasteiger charge is -2.20. The molecule has 1 aliphatic heterocycles. The maximum absolute atomic E-state index is 5.89. The summed E-state index contributed by atoms with van der Waals surface area (Å²) in [7, 11) is 0. The Morgan fingerprint density at radius 1 is 1.16 bits per heavy atom. The van der Waals surface area contributed by atoms with Crippen LogP contribution >= 0.6 is 11.7 Å². The molecule has 25 heavy (non-hydrogen) atoms. The SMILES string of the molecule is Nc1nsnc1NCCCOc1cccc(CN2CCCCCC2)c1. The fraction of sp³-hybridized carbons (Fsp3) is 0.556. The zero-order valence-corrected chi connectivity index (χ0v) is 15.4. The van der Waals surface area contributed by atoms with Crippen LogP contribution in [-0.2, 0) is 6.54 Å². The van der Waals surface area contributed by atoms with Crippen molar-refractivity contribution in [1.82, 2.24) is 13.6 Å². The van der Waals surface area contributed by atoms with E-state index in [9.17, 15) is 0 Å². The second kappa shape index (κ2) is 9.58. The van der Waals surface area contributed by atoms with Crippen molar-refractivity contribution < 1.29 is 4.74 Å². The van der Waals surface area contributed by atoms with E-state index in [-0.39, 0.29) is 0 Å². The first-order valence-electron chi connectivity index (χ1n) is 9.07. The minimum Gasteiger partial charge on any atom is -0.494 e. The van der Waals surface area contributed by atoms with Gasteiger partial charge < -0.3 is 15.8 Å². The summed E-state index contributed by atoms with van der Waals surface area (Å²) in [5.74, 6) is 2.08. The molecule has 2 aromatic rings. The molecular weight excluding hydrogens is 334 g/mol. The van der Waals surface area contributed by atoms with E-state index < -0.39 is 0 Å². The van der Waals surface area contributed by atoms with Gasteiger partial charge in [-0.05, 0) is 50.0 Å². The Bertz CT molecular complexity index is 640. The molecule has 1 aliphatic rings. The first kappa shape index (κ1) is 17.9. The Hall–Kier alpha value is -1.86. The van der Waals surface area contributed by atoms with Crippen LogP contribution in [0.2, 0.25) is 0 Å². The van der Waals surface area contributed by atoms with Crippen LogP contribution in [0.15, 0.2) is 24.3 Å². The third kappa shape index (κ3) is 5.86. The number of nitrogens with zero attached hydrogens (tertiary/aromatic N) is 3. The van der Waals surface area contributed by atoms with Gasteiger partial charge in [-0.3, -0.25) is 4.90 Å². The van der Waals surface area contributed by atoms with E-state index >= 15 is 0 Å². The molecule has 136 valence electrons. The van der Waals surface area contributed by atoms with Crippen molar-refractivity contribution in [3.63, 3.8) is 0 Å². The predicted molar refractivity (Wildman–Crippen MR) is 103 cm³/mol. The normalized spacial score (nSPS) is 15.7. The van der Waals surface area contributed by atoms with E-state index in [1.54, 1.807) is 0 Å². The average Bonchev–Trinajstić information content (AvgIpc) is 2.86. The van der Waals surface area contributed by atoms with Crippen LogP contribution in [0, 0.1) is 0 Å². The van der Waals surface area contributed by atoms with Gasteiger partial charge in [-0.2, -0.15) is 8.75 Å². The molecule has 0 amide bonds. The van der Waals surface area contributed by atoms with Crippen LogP contribution in [0.25, 0.3) is 0 Å². The summed E-state index contributed by atoms with van der Waals surface area (Å²) in [4.78, 5) is 2.56. The van der Waals surface area contributed by atoms with Crippen molar-refractivity contribution in [2.45, 2.75) is 38.6 Å². The summed E-state index contributed by atoms with van der Waals surface area (Å²) < 4.78 is 13.9. The predicted octanol–water partition coefficient (Wildman–Crippen LogP) is 3.38. The summed E-state index contributed by atoms with van der Waals surface area (Å²) in [6.07, 6.45) is 6.27. The lowest BCUT2D eigenvalue weighted by Crippen LogP contribution is -2.23. The van der Waals surface area contributed by atoms with Crippen LogP contribution in [0.3, 0.4) is 0 Å². The van der Waals surface area contributed by atoms with Gasteiger partial charge >= 0.3 is 0 Å². The van der Waals surface area contributed by atoms with E-state index in [2.05, 4.69) is 37.2 Å². The monoisotopic (exact) mass is 361 g/mol. The molecular formula is C18H27N5OS. The molecule has 1 saturated heterocycles. The number of anilines is 2. The fourth-order valence-electron chi connectivity index (χ4n) is 3.07. The number of ether oxygens (including phenoxy) is 1. The van der Waals surface area contributed by atoms with Crippen molar-refractivity contribution in [3.05, 3.63) is 29.8 Å². The molecule has 7 heteroatoms. The van der Waals surface area contributed by atoms with Gasteiger partial charge in [0, 0.05) is 13.1 Å². The van der Waals surface area contributed by atoms with Crippen LogP contribution in [0.1, 0.15) is 37.7 Å². The zero-order valence-electron chi connectivity index (χ0n) is 14.6. The lowest BCUT2D eigenvalue weighted by atomic mass is 10.2. The third-order valence-corrected chi connectivity index (χ3v) is 4.94. The van der Waals surface area contributed by atoms with E-state index in [1.165, 1.54) is 44.3 Å². The van der Waals surface area contributed by atoms with Crippen molar-refractivity contribution >= 4 is 23.4 Å². The third-order valence-electron chi connectivity index (χ3n) is 4.40. The number of hydrogen-bond donors (Lipinski definition) is 2. The Morgan fingerprint density at radius 3 is 2.76 bits per heavy atom. The van der Waals surface area contributed by atoms with Gasteiger partial charge in [-0.1, -0.05) is 25.0 Å². The van der Waals surface area contributed by atoms with Gasteiger partial charge in [0.15, 0.2) is 11.6 Å². The van der Waals surface area contributed by atoms with Crippen molar-refractivity contribution in [1.29, 1.82) is 0 Å². The van der Waals surface area contributed by atoms with Gasteiger partial charge in [0.25, 0.3) is 0 Å². The maximum Gasteiger partial charge on any atom is 0.184 e. The molecule has 0 bridgehead atoms. The fourth-order valence-corrected chi connectivity index (χ4v) is 3.53. The van der Waals surface area contributed by atoms with Gasteiger partial charge in [0.05, 0.1) is 18.3 Å². The molecule has 2 heterocycles. The number of rotatable bonds is 8. The summed E-state index contributed by atoms with van der Waals surface area (Å²) in [6.45, 7) is 4.88. The highest BCUT2D eigenvalue weighted by atomic mass is 32.1. The number of hydrogen-bond acceptors (Lipinski definition) is 7. The molecule has 1 fully saturated rings. The molecule has 0 unspecified atom stereocenters. The van der Waals surface area contributed by atoms with Crippen LogP contribution in [0.5, 0.6) is 5.75 Å². The number of benzene rings is 1. The molecule has 0 atom stereocenters. The summed E-state index contributed by atoms with van der Waals surface area (Å²) in [5, 5.41) is 3.18. The van der Waals surface area contributed by atoms with Gasteiger partial charge in [-0.15, -0.1) is 0 Å². The number of likely N-dealkylation sites (tertiary alicyclic amines) is 1. The largest absolute Gasteiger partial charge is 0.494 e. The highest BCUT2D eigenvalue weighted by Gasteiger charge is 2.09. The first-order valence-corrected chi connectivity index (χ1v) is 9.80. The summed E-state index contributed by atoms with van der Waals surface area (Å²) >= 11 is 1.12. The Morgan fingerprint density at radius 2 is 2.00 bits per heavy atom. The lowest BCUT2D eigenvalue weighted by molar-refractivity contribution is 0.275. The van der Waals surface area contributed by atoms with E-state index in [0.29, 0.717) is 18.2 Å². The Labute approximate surface area is 153 Å². The van der Waals surface area contributed by atoms with Crippen LogP contribution < -0.4 is 15.8 Å². The number of nitrogens with one attached hydrogen (secondary N) is 1. The quantitative estimate of drug-likeness (QED) is 0.702. The van der Waals surface area contributed by atoms with Gasteiger partial charge in [-0.25, -0.2) is 0 Å². The van der Waals surface area contributed by atoms with Crippen molar-refractivity contribution in [2.24, 2.45) is 0 Å². The number of nitrogen functional groups attached to an aromatic ring is 1. The summed E-state index contributed by atoms with van der Waals surface area (Å²) in [6, 6.07) is 8.47. The van der Waals surface area contributed by atoms with Gasteiger partial charge in [0.1, 0.15) is 5.75 Å². The van der Waals surface area contributed by atoms with Gasteiger partial charge in [0.2, 0.25) is 0 Å². The highest BCUT2D eigenvalue weighted by molar-refractivity contribution is 6.99. The Kier molecular flexibility index (Phi) is 6.88.